The molecular formula is C19H26N6O. The predicted octanol–water partition coefficient (Wildman–Crippen LogP) is 2.17. The molecule has 0 unspecified atom stereocenters. The SMILES string of the molecule is Cc1ccc(NC(=O)NCc2cccnc2N2CCN(C)CC2)c(C)n1. The second kappa shape index (κ2) is 8.14. The van der Waals surface area contributed by atoms with Gasteiger partial charge in [-0.05, 0) is 39.1 Å². The lowest BCUT2D eigenvalue weighted by atomic mass is 10.2. The minimum atomic E-state index is -0.244. The first kappa shape index (κ1) is 18.1. The first-order valence-electron chi connectivity index (χ1n) is 8.89. The van der Waals surface area contributed by atoms with E-state index in [1.165, 1.54) is 0 Å². The van der Waals surface area contributed by atoms with Crippen molar-refractivity contribution in [2.24, 2.45) is 0 Å². The zero-order valence-electron chi connectivity index (χ0n) is 15.6. The lowest BCUT2D eigenvalue weighted by molar-refractivity contribution is 0.251. The summed E-state index contributed by atoms with van der Waals surface area (Å²) in [5.41, 5.74) is 3.48. The quantitative estimate of drug-likeness (QED) is 0.880. The summed E-state index contributed by atoms with van der Waals surface area (Å²) in [5.74, 6) is 0.953. The number of aromatic nitrogens is 2. The highest BCUT2D eigenvalue weighted by molar-refractivity contribution is 5.89. The predicted molar refractivity (Wildman–Crippen MR) is 104 cm³/mol. The molecule has 0 aromatic carbocycles. The van der Waals surface area contributed by atoms with Gasteiger partial charge in [-0.25, -0.2) is 9.78 Å². The van der Waals surface area contributed by atoms with Gasteiger partial charge in [0.15, 0.2) is 0 Å². The fraction of sp³-hybridized carbons (Fsp3) is 0.421. The van der Waals surface area contributed by atoms with Gasteiger partial charge in [-0.15, -0.1) is 0 Å². The van der Waals surface area contributed by atoms with Crippen molar-refractivity contribution in [1.29, 1.82) is 0 Å². The monoisotopic (exact) mass is 354 g/mol. The molecule has 138 valence electrons. The van der Waals surface area contributed by atoms with E-state index >= 15 is 0 Å². The number of aryl methyl sites for hydroxylation is 2. The number of amides is 2. The number of nitrogens with one attached hydrogen (secondary N) is 2. The van der Waals surface area contributed by atoms with Gasteiger partial charge in [0.2, 0.25) is 0 Å². The van der Waals surface area contributed by atoms with Gasteiger partial charge in [0.1, 0.15) is 5.82 Å². The maximum atomic E-state index is 12.3. The Kier molecular flexibility index (Phi) is 5.68. The van der Waals surface area contributed by atoms with Crippen molar-refractivity contribution in [2.75, 3.05) is 43.4 Å². The number of nitrogens with zero attached hydrogens (tertiary/aromatic N) is 4. The van der Waals surface area contributed by atoms with Crippen molar-refractivity contribution < 1.29 is 4.79 Å². The largest absolute Gasteiger partial charge is 0.354 e. The van der Waals surface area contributed by atoms with Gasteiger partial charge >= 0.3 is 6.03 Å². The van der Waals surface area contributed by atoms with Gasteiger partial charge in [0, 0.05) is 50.2 Å². The van der Waals surface area contributed by atoms with Crippen LogP contribution in [0.3, 0.4) is 0 Å². The molecule has 7 heteroatoms. The van der Waals surface area contributed by atoms with Crippen LogP contribution in [0, 0.1) is 13.8 Å². The molecule has 0 saturated carbocycles. The molecule has 1 saturated heterocycles. The standard InChI is InChI=1S/C19H26N6O/c1-14-6-7-17(15(2)22-14)23-19(26)21-13-16-5-4-8-20-18(16)25-11-9-24(3)10-12-25/h4-8H,9-13H2,1-3H3,(H2,21,23,26). The third-order valence-corrected chi connectivity index (χ3v) is 4.58. The molecule has 2 N–H and O–H groups in total. The Labute approximate surface area is 154 Å². The number of urea groups is 1. The van der Waals surface area contributed by atoms with Crippen LogP contribution in [0.4, 0.5) is 16.3 Å². The fourth-order valence-corrected chi connectivity index (χ4v) is 3.03. The molecule has 0 spiro atoms. The Morgan fingerprint density at radius 2 is 1.92 bits per heavy atom. The van der Waals surface area contributed by atoms with E-state index in [0.29, 0.717) is 6.54 Å². The topological polar surface area (TPSA) is 73.4 Å². The average molecular weight is 354 g/mol. The lowest BCUT2D eigenvalue weighted by Crippen LogP contribution is -2.45. The minimum absolute atomic E-state index is 0.244. The highest BCUT2D eigenvalue weighted by Gasteiger charge is 2.18. The molecule has 0 bridgehead atoms. The van der Waals surface area contributed by atoms with Crippen molar-refractivity contribution in [1.82, 2.24) is 20.2 Å². The number of carbonyl (C=O) groups is 1. The van der Waals surface area contributed by atoms with Gasteiger partial charge in [-0.3, -0.25) is 4.98 Å². The van der Waals surface area contributed by atoms with Crippen molar-refractivity contribution in [3.63, 3.8) is 0 Å². The number of likely N-dealkylation sites (N-methyl/N-ethyl adjacent to an activating group) is 1. The van der Waals surface area contributed by atoms with E-state index in [2.05, 4.69) is 37.4 Å². The molecule has 3 heterocycles. The number of pyridine rings is 2. The lowest BCUT2D eigenvalue weighted by Gasteiger charge is -2.34. The Bertz CT molecular complexity index is 770. The zero-order valence-corrected chi connectivity index (χ0v) is 15.6. The Balaban J connectivity index is 1.61. The van der Waals surface area contributed by atoms with Gasteiger partial charge < -0.3 is 20.4 Å². The summed E-state index contributed by atoms with van der Waals surface area (Å²) >= 11 is 0. The third-order valence-electron chi connectivity index (χ3n) is 4.58. The molecule has 1 aliphatic heterocycles. The van der Waals surface area contributed by atoms with Crippen LogP contribution in [0.5, 0.6) is 0 Å². The molecular weight excluding hydrogens is 328 g/mol. The number of hydrogen-bond donors (Lipinski definition) is 2. The summed E-state index contributed by atoms with van der Waals surface area (Å²) in [6, 6.07) is 7.43. The minimum Gasteiger partial charge on any atom is -0.354 e. The maximum absolute atomic E-state index is 12.3. The van der Waals surface area contributed by atoms with Crippen LogP contribution < -0.4 is 15.5 Å². The summed E-state index contributed by atoms with van der Waals surface area (Å²) < 4.78 is 0. The normalized spacial score (nSPS) is 15.0. The maximum Gasteiger partial charge on any atom is 0.319 e. The molecule has 2 aromatic heterocycles. The molecule has 7 nitrogen and oxygen atoms in total. The first-order chi connectivity index (χ1) is 12.5. The van der Waals surface area contributed by atoms with Crippen molar-refractivity contribution >= 4 is 17.5 Å². The van der Waals surface area contributed by atoms with E-state index in [9.17, 15) is 4.79 Å². The molecule has 2 amide bonds. The van der Waals surface area contributed by atoms with Crippen LogP contribution in [-0.4, -0.2) is 54.1 Å². The first-order valence-corrected chi connectivity index (χ1v) is 8.89. The van der Waals surface area contributed by atoms with E-state index in [4.69, 9.17) is 0 Å². The van der Waals surface area contributed by atoms with Gasteiger partial charge in [-0.2, -0.15) is 0 Å². The van der Waals surface area contributed by atoms with Crippen molar-refractivity contribution in [3.05, 3.63) is 47.4 Å². The van der Waals surface area contributed by atoms with Crippen LogP contribution in [-0.2, 0) is 6.54 Å². The van der Waals surface area contributed by atoms with E-state index in [1.54, 1.807) is 6.20 Å². The molecule has 26 heavy (non-hydrogen) atoms. The van der Waals surface area contributed by atoms with Gasteiger partial charge in [0.25, 0.3) is 0 Å². The molecule has 0 aliphatic carbocycles. The molecule has 1 fully saturated rings. The molecule has 0 atom stereocenters. The second-order valence-electron chi connectivity index (χ2n) is 6.67. The molecule has 3 rings (SSSR count). The molecule has 1 aliphatic rings. The van der Waals surface area contributed by atoms with E-state index < -0.39 is 0 Å². The smallest absolute Gasteiger partial charge is 0.319 e. The highest BCUT2D eigenvalue weighted by atomic mass is 16.2. The second-order valence-corrected chi connectivity index (χ2v) is 6.67. The number of anilines is 2. The number of hydrogen-bond acceptors (Lipinski definition) is 5. The average Bonchev–Trinajstić information content (AvgIpc) is 2.63. The Morgan fingerprint density at radius 1 is 1.15 bits per heavy atom. The van der Waals surface area contributed by atoms with Crippen molar-refractivity contribution in [3.8, 4) is 0 Å². The Morgan fingerprint density at radius 3 is 2.65 bits per heavy atom. The Hall–Kier alpha value is -2.67. The number of piperazine rings is 1. The third kappa shape index (κ3) is 4.49. The van der Waals surface area contributed by atoms with E-state index in [0.717, 1.165) is 54.6 Å². The highest BCUT2D eigenvalue weighted by Crippen LogP contribution is 2.19. The van der Waals surface area contributed by atoms with Gasteiger partial charge in [0.05, 0.1) is 11.4 Å². The van der Waals surface area contributed by atoms with Crippen LogP contribution in [0.1, 0.15) is 17.0 Å². The summed E-state index contributed by atoms with van der Waals surface area (Å²) in [5, 5.41) is 5.78. The van der Waals surface area contributed by atoms with Crippen LogP contribution >= 0.6 is 0 Å². The van der Waals surface area contributed by atoms with Gasteiger partial charge in [-0.1, -0.05) is 6.07 Å². The summed E-state index contributed by atoms with van der Waals surface area (Å²) in [4.78, 5) is 25.8. The van der Waals surface area contributed by atoms with Crippen LogP contribution in [0.25, 0.3) is 0 Å². The zero-order chi connectivity index (χ0) is 18.5. The van der Waals surface area contributed by atoms with E-state index in [-0.39, 0.29) is 6.03 Å². The summed E-state index contributed by atoms with van der Waals surface area (Å²) in [7, 11) is 2.13. The number of rotatable bonds is 4. The summed E-state index contributed by atoms with van der Waals surface area (Å²) in [6.45, 7) is 8.17. The number of carbonyl (C=O) groups excluding carboxylic acids is 1. The fourth-order valence-electron chi connectivity index (χ4n) is 3.03. The van der Waals surface area contributed by atoms with Crippen LogP contribution in [0.2, 0.25) is 0 Å². The summed E-state index contributed by atoms with van der Waals surface area (Å²) in [6.07, 6.45) is 1.80. The molecule has 0 radical (unpaired) electrons. The van der Waals surface area contributed by atoms with E-state index in [1.807, 2.05) is 38.1 Å². The van der Waals surface area contributed by atoms with Crippen molar-refractivity contribution in [2.45, 2.75) is 20.4 Å². The molecule has 2 aromatic rings. The van der Waals surface area contributed by atoms with Crippen LogP contribution in [0.15, 0.2) is 30.5 Å².